The Labute approximate surface area is 270 Å². The largest absolute Gasteiger partial charge is 0.508 e. The summed E-state index contributed by atoms with van der Waals surface area (Å²) in [5.41, 5.74) is -0.0698. The highest BCUT2D eigenvalue weighted by molar-refractivity contribution is 7.87. The van der Waals surface area contributed by atoms with E-state index in [9.17, 15) is 17.9 Å². The van der Waals surface area contributed by atoms with Gasteiger partial charge < -0.3 is 14.7 Å². The third-order valence-electron chi connectivity index (χ3n) is 10.6. The zero-order valence-electron chi connectivity index (χ0n) is 25.4. The Balaban J connectivity index is 1.23. The number of halogens is 3. The molecule has 5 fully saturated rings. The predicted octanol–water partition coefficient (Wildman–Crippen LogP) is 4.05. The summed E-state index contributed by atoms with van der Waals surface area (Å²) >= 11 is 6.60. The van der Waals surface area contributed by atoms with Crippen LogP contribution in [-0.2, 0) is 10.2 Å². The molecule has 0 bridgehead atoms. The third kappa shape index (κ3) is 5.16. The molecule has 2 aromatic heterocycles. The number of phenolic OH excluding ortho intramolecular Hbond substituents is 1. The molecule has 0 radical (unpaired) electrons. The number of nitrogens with zero attached hydrogens (tertiary/aromatic N) is 5. The molecule has 5 aliphatic rings. The Kier molecular flexibility index (Phi) is 7.15. The first-order valence-electron chi connectivity index (χ1n) is 15.9. The van der Waals surface area contributed by atoms with Crippen molar-refractivity contribution < 1.29 is 27.0 Å². The molecule has 3 aromatic rings. The van der Waals surface area contributed by atoms with E-state index >= 15 is 4.39 Å². The highest BCUT2D eigenvalue weighted by Gasteiger charge is 2.50. The summed E-state index contributed by atoms with van der Waals surface area (Å²) in [5, 5.41) is 11.1. The van der Waals surface area contributed by atoms with Crippen molar-refractivity contribution in [2.45, 2.75) is 68.6 Å². The van der Waals surface area contributed by atoms with Gasteiger partial charge in [0.15, 0.2) is 5.82 Å². The van der Waals surface area contributed by atoms with Gasteiger partial charge in [0.05, 0.1) is 16.5 Å². The molecule has 8 rings (SSSR count). The average molecular weight is 676 g/mol. The monoisotopic (exact) mass is 675 g/mol. The number of alkyl halides is 1. The normalized spacial score (nSPS) is 32.0. The number of fused-ring (bicyclic) bond motifs is 2. The van der Waals surface area contributed by atoms with E-state index in [1.54, 1.807) is 0 Å². The van der Waals surface area contributed by atoms with E-state index in [0.29, 0.717) is 66.6 Å². The summed E-state index contributed by atoms with van der Waals surface area (Å²) in [4.78, 5) is 17.9. The van der Waals surface area contributed by atoms with E-state index in [4.69, 9.17) is 21.3 Å². The average Bonchev–Trinajstić information content (AvgIpc) is 3.29. The lowest BCUT2D eigenvalue weighted by atomic mass is 9.90. The lowest BCUT2D eigenvalue weighted by molar-refractivity contribution is 0.107. The molecule has 5 atom stereocenters. The second kappa shape index (κ2) is 10.8. The number of ether oxygens (including phenoxy) is 1. The Morgan fingerprint density at radius 3 is 2.78 bits per heavy atom. The lowest BCUT2D eigenvalue weighted by Crippen LogP contribution is -2.56. The fourth-order valence-corrected chi connectivity index (χ4v) is 9.89. The van der Waals surface area contributed by atoms with Gasteiger partial charge in [-0.15, -0.1) is 0 Å². The van der Waals surface area contributed by atoms with E-state index < -0.39 is 33.3 Å². The van der Waals surface area contributed by atoms with Gasteiger partial charge in [-0.3, -0.25) is 9.88 Å². The van der Waals surface area contributed by atoms with Crippen molar-refractivity contribution in [2.75, 3.05) is 44.2 Å². The SMILES string of the molecule is C[C@H]1C[C@H]1c1c(Cl)cc(O)cc1-c1ncc2c(N3CCCC4(CNS(=O)(=O)N4)C3)nc(OC[C@@]34CCCN3C[C@H](F)C4)nc2c1F. The van der Waals surface area contributed by atoms with Crippen molar-refractivity contribution in [3.8, 4) is 23.0 Å². The van der Waals surface area contributed by atoms with Crippen LogP contribution in [0.3, 0.4) is 0 Å². The standard InChI is InChI=1S/C31H36ClF2N7O4S/c1-17-8-20(17)24-21(9-19(42)10-23(24)32)26-25(34)27-22(12-35-26)28(40-6-2-4-30(15-40)14-36-46(43,44)39-30)38-29(37-27)45-16-31-5-3-7-41(31)13-18(33)11-31/h9-10,12,17-18,20,36,39,42H,2-8,11,13-16H2,1H3/t17-,18+,20+,30?,31-/m0/s1. The quantitative estimate of drug-likeness (QED) is 0.354. The minimum Gasteiger partial charge on any atom is -0.508 e. The zero-order chi connectivity index (χ0) is 32.0. The molecule has 3 N–H and O–H groups in total. The molecule has 1 spiro atoms. The first-order valence-corrected chi connectivity index (χ1v) is 17.8. The van der Waals surface area contributed by atoms with Crippen LogP contribution >= 0.6 is 11.6 Å². The first kappa shape index (κ1) is 30.4. The molecular formula is C31H36ClF2N7O4S. The molecule has 246 valence electrons. The maximum Gasteiger partial charge on any atom is 0.319 e. The van der Waals surface area contributed by atoms with E-state index in [1.165, 1.54) is 18.3 Å². The predicted molar refractivity (Wildman–Crippen MR) is 169 cm³/mol. The van der Waals surface area contributed by atoms with Crippen molar-refractivity contribution in [2.24, 2.45) is 5.92 Å². The summed E-state index contributed by atoms with van der Waals surface area (Å²) in [6.07, 6.45) is 4.86. The third-order valence-corrected chi connectivity index (χ3v) is 12.1. The van der Waals surface area contributed by atoms with Crippen LogP contribution < -0.4 is 19.1 Å². The molecule has 1 saturated carbocycles. The summed E-state index contributed by atoms with van der Waals surface area (Å²) in [6, 6.07) is 2.90. The van der Waals surface area contributed by atoms with Crippen molar-refractivity contribution in [1.82, 2.24) is 29.3 Å². The van der Waals surface area contributed by atoms with E-state index in [2.05, 4.69) is 31.2 Å². The topological polar surface area (TPSA) is 133 Å². The van der Waals surface area contributed by atoms with Gasteiger partial charge in [0.25, 0.3) is 10.2 Å². The Bertz CT molecular complexity index is 1850. The summed E-state index contributed by atoms with van der Waals surface area (Å²) in [7, 11) is -3.63. The number of pyridine rings is 1. The smallest absolute Gasteiger partial charge is 0.319 e. The molecule has 4 saturated heterocycles. The van der Waals surface area contributed by atoms with Crippen molar-refractivity contribution in [3.63, 3.8) is 0 Å². The van der Waals surface area contributed by atoms with Gasteiger partial charge in [-0.25, -0.2) is 13.5 Å². The van der Waals surface area contributed by atoms with Gasteiger partial charge in [0.1, 0.15) is 35.6 Å². The molecule has 15 heteroatoms. The second-order valence-electron chi connectivity index (χ2n) is 13.8. The van der Waals surface area contributed by atoms with Crippen molar-refractivity contribution >= 4 is 38.5 Å². The number of piperidine rings is 1. The summed E-state index contributed by atoms with van der Waals surface area (Å²) < 4.78 is 67.4. The van der Waals surface area contributed by atoms with Gasteiger partial charge in [-0.1, -0.05) is 18.5 Å². The van der Waals surface area contributed by atoms with Crippen LogP contribution in [0.2, 0.25) is 5.02 Å². The Morgan fingerprint density at radius 1 is 1.22 bits per heavy atom. The van der Waals surface area contributed by atoms with E-state index in [1.807, 2.05) is 4.90 Å². The van der Waals surface area contributed by atoms with Gasteiger partial charge in [-0.05, 0) is 68.2 Å². The fraction of sp³-hybridized carbons (Fsp3) is 0.581. The molecule has 11 nitrogen and oxygen atoms in total. The first-order chi connectivity index (χ1) is 21.9. The fourth-order valence-electron chi connectivity index (χ4n) is 8.19. The summed E-state index contributed by atoms with van der Waals surface area (Å²) in [6.45, 7) is 4.48. The number of aromatic nitrogens is 3. The van der Waals surface area contributed by atoms with E-state index in [-0.39, 0.29) is 42.0 Å². The molecule has 6 heterocycles. The second-order valence-corrected chi connectivity index (χ2v) is 15.7. The molecular weight excluding hydrogens is 640 g/mol. The van der Waals surface area contributed by atoms with Gasteiger partial charge in [-0.2, -0.15) is 23.1 Å². The number of phenols is 1. The minimum atomic E-state index is -3.63. The number of rotatable bonds is 6. The Morgan fingerprint density at radius 2 is 2.02 bits per heavy atom. The molecule has 0 amide bonds. The van der Waals surface area contributed by atoms with Crippen LogP contribution in [0.5, 0.6) is 11.8 Å². The zero-order valence-corrected chi connectivity index (χ0v) is 27.0. The maximum absolute atomic E-state index is 16.8. The molecule has 46 heavy (non-hydrogen) atoms. The van der Waals surface area contributed by atoms with Crippen molar-refractivity contribution in [1.29, 1.82) is 0 Å². The van der Waals surface area contributed by atoms with Crippen LogP contribution in [-0.4, -0.2) is 90.0 Å². The molecule has 4 aliphatic heterocycles. The minimum absolute atomic E-state index is 0.00879. The van der Waals surface area contributed by atoms with Crippen LogP contribution in [0.15, 0.2) is 18.3 Å². The maximum atomic E-state index is 16.8. The number of anilines is 1. The lowest BCUT2D eigenvalue weighted by Gasteiger charge is -2.40. The number of hydrogen-bond acceptors (Lipinski definition) is 9. The van der Waals surface area contributed by atoms with Crippen molar-refractivity contribution in [3.05, 3.63) is 34.7 Å². The van der Waals surface area contributed by atoms with E-state index in [0.717, 1.165) is 31.4 Å². The number of benzene rings is 1. The Hall–Kier alpha value is -2.91. The van der Waals surface area contributed by atoms with Crippen LogP contribution in [0.4, 0.5) is 14.6 Å². The molecule has 1 aromatic carbocycles. The van der Waals surface area contributed by atoms with Gasteiger partial charge in [0, 0.05) is 49.4 Å². The van der Waals surface area contributed by atoms with Crippen LogP contribution in [0.25, 0.3) is 22.2 Å². The number of nitrogens with one attached hydrogen (secondary N) is 2. The van der Waals surface area contributed by atoms with Crippen LogP contribution in [0, 0.1) is 11.7 Å². The molecule has 1 unspecified atom stereocenters. The number of aromatic hydroxyl groups is 1. The van der Waals surface area contributed by atoms with Gasteiger partial charge in [0.2, 0.25) is 0 Å². The van der Waals surface area contributed by atoms with Crippen LogP contribution in [0.1, 0.15) is 56.9 Å². The number of hydrogen-bond donors (Lipinski definition) is 3. The highest BCUT2D eigenvalue weighted by Crippen LogP contribution is 2.53. The highest BCUT2D eigenvalue weighted by atomic mass is 35.5. The molecule has 1 aliphatic carbocycles. The summed E-state index contributed by atoms with van der Waals surface area (Å²) in [5.74, 6) is 0.0556. The van der Waals surface area contributed by atoms with Gasteiger partial charge >= 0.3 is 6.01 Å².